The van der Waals surface area contributed by atoms with E-state index in [-0.39, 0.29) is 30.3 Å². The van der Waals surface area contributed by atoms with E-state index in [9.17, 15) is 4.79 Å². The molecule has 3 heterocycles. The van der Waals surface area contributed by atoms with Gasteiger partial charge in [-0.3, -0.25) is 9.78 Å². The van der Waals surface area contributed by atoms with Gasteiger partial charge in [-0.15, -0.1) is 17.7 Å². The minimum atomic E-state index is -0.333. The van der Waals surface area contributed by atoms with Gasteiger partial charge in [0.1, 0.15) is 11.6 Å². The van der Waals surface area contributed by atoms with Crippen molar-refractivity contribution in [2.24, 2.45) is 0 Å². The number of fused-ring (bicyclic) bond motifs is 1. The van der Waals surface area contributed by atoms with Gasteiger partial charge in [0.2, 0.25) is 5.95 Å². The van der Waals surface area contributed by atoms with Crippen molar-refractivity contribution in [3.05, 3.63) is 22.1 Å². The van der Waals surface area contributed by atoms with E-state index in [0.29, 0.717) is 10.4 Å². The monoisotopic (exact) mass is 282 g/mol. The van der Waals surface area contributed by atoms with Gasteiger partial charge in [0, 0.05) is 4.90 Å². The fourth-order valence-corrected chi connectivity index (χ4v) is 2.75. The first-order chi connectivity index (χ1) is 9.10. The molecule has 2 aromatic rings. The van der Waals surface area contributed by atoms with Gasteiger partial charge in [0.15, 0.2) is 0 Å². The number of nitrogens with two attached hydrogens (primary N) is 1. The summed E-state index contributed by atoms with van der Waals surface area (Å²) in [6, 6.07) is 1.75. The lowest BCUT2D eigenvalue weighted by atomic mass is 10.1. The summed E-state index contributed by atoms with van der Waals surface area (Å²) in [7, 11) is 0. The van der Waals surface area contributed by atoms with E-state index in [1.165, 1.54) is 4.52 Å². The Morgan fingerprint density at radius 3 is 3.11 bits per heavy atom. The second-order valence-corrected chi connectivity index (χ2v) is 5.04. The van der Waals surface area contributed by atoms with Gasteiger partial charge in [-0.05, 0) is 18.9 Å². The molecule has 7 nitrogen and oxygen atoms in total. The zero-order valence-corrected chi connectivity index (χ0v) is 10.9. The summed E-state index contributed by atoms with van der Waals surface area (Å²) in [6.45, 7) is -0.0102. The standard InChI is InChI=1S/C11H14N4O3S/c12-11-13-10(17)9-8(19)3-6(15(9)14-11)7-2-1-5(4-16)18-7/h3,5,7,16,19H,1-2,4H2,(H3,12,13,14,17)/t5-,7+/m0/s1. The Morgan fingerprint density at radius 1 is 1.63 bits per heavy atom. The lowest BCUT2D eigenvalue weighted by Gasteiger charge is -2.11. The van der Waals surface area contributed by atoms with Crippen molar-refractivity contribution >= 4 is 24.1 Å². The number of aromatic amines is 1. The number of aliphatic hydroxyl groups excluding tert-OH is 1. The van der Waals surface area contributed by atoms with Gasteiger partial charge in [-0.1, -0.05) is 0 Å². The third-order valence-corrected chi connectivity index (χ3v) is 3.63. The number of aliphatic hydroxyl groups is 1. The minimum absolute atomic E-state index is 0.0102. The van der Waals surface area contributed by atoms with Crippen LogP contribution in [0.15, 0.2) is 15.8 Å². The van der Waals surface area contributed by atoms with Crippen LogP contribution in [0.3, 0.4) is 0 Å². The Bertz CT molecular complexity index is 680. The first kappa shape index (κ1) is 12.5. The summed E-state index contributed by atoms with van der Waals surface area (Å²) in [5, 5.41) is 13.2. The zero-order chi connectivity index (χ0) is 13.6. The number of aromatic nitrogens is 3. The normalized spacial score (nSPS) is 23.3. The number of anilines is 1. The number of hydrogen-bond acceptors (Lipinski definition) is 6. The molecule has 8 heteroatoms. The van der Waals surface area contributed by atoms with Gasteiger partial charge >= 0.3 is 0 Å². The summed E-state index contributed by atoms with van der Waals surface area (Å²) < 4.78 is 7.17. The van der Waals surface area contributed by atoms with Crippen LogP contribution in [0.2, 0.25) is 0 Å². The molecule has 0 amide bonds. The summed E-state index contributed by atoms with van der Waals surface area (Å²) in [5.74, 6) is 0.0411. The van der Waals surface area contributed by atoms with Crippen LogP contribution in [0.25, 0.3) is 5.52 Å². The van der Waals surface area contributed by atoms with Crippen LogP contribution in [0, 0.1) is 0 Å². The molecule has 0 saturated carbocycles. The molecule has 0 radical (unpaired) electrons. The van der Waals surface area contributed by atoms with Gasteiger partial charge in [-0.2, -0.15) is 0 Å². The largest absolute Gasteiger partial charge is 0.394 e. The third-order valence-electron chi connectivity index (χ3n) is 3.29. The highest BCUT2D eigenvalue weighted by Gasteiger charge is 2.29. The first-order valence-corrected chi connectivity index (χ1v) is 6.41. The van der Waals surface area contributed by atoms with E-state index < -0.39 is 0 Å². The number of thiol groups is 1. The molecular formula is C11H14N4O3S. The van der Waals surface area contributed by atoms with Crippen LogP contribution in [0.5, 0.6) is 0 Å². The van der Waals surface area contributed by atoms with Crippen molar-refractivity contribution in [3.8, 4) is 0 Å². The highest BCUT2D eigenvalue weighted by Crippen LogP contribution is 2.34. The Labute approximate surface area is 113 Å². The van der Waals surface area contributed by atoms with Crippen LogP contribution in [0.1, 0.15) is 24.6 Å². The molecule has 4 N–H and O–H groups in total. The Hall–Kier alpha value is -1.51. The second kappa shape index (κ2) is 4.55. The highest BCUT2D eigenvalue weighted by atomic mass is 32.1. The maximum atomic E-state index is 11.8. The number of hydrogen-bond donors (Lipinski definition) is 4. The van der Waals surface area contributed by atoms with E-state index in [1.54, 1.807) is 6.07 Å². The molecule has 0 aromatic carbocycles. The number of H-pyrrole nitrogens is 1. The SMILES string of the molecule is Nc1nn2c([C@H]3CC[C@@H](CO)O3)cc(S)c2c(=O)[nH]1. The van der Waals surface area contributed by atoms with Crippen molar-refractivity contribution in [1.29, 1.82) is 0 Å². The van der Waals surface area contributed by atoms with Crippen molar-refractivity contribution in [1.82, 2.24) is 14.6 Å². The van der Waals surface area contributed by atoms with Gasteiger partial charge in [0.05, 0.1) is 18.4 Å². The average molecular weight is 282 g/mol. The molecule has 1 saturated heterocycles. The van der Waals surface area contributed by atoms with E-state index in [2.05, 4.69) is 22.7 Å². The molecule has 19 heavy (non-hydrogen) atoms. The number of rotatable bonds is 2. The number of ether oxygens (including phenoxy) is 1. The Balaban J connectivity index is 2.12. The summed E-state index contributed by atoms with van der Waals surface area (Å²) in [5.41, 5.74) is 6.31. The summed E-state index contributed by atoms with van der Waals surface area (Å²) in [4.78, 5) is 14.8. The molecule has 1 aliphatic rings. The van der Waals surface area contributed by atoms with E-state index >= 15 is 0 Å². The van der Waals surface area contributed by atoms with E-state index in [4.69, 9.17) is 15.6 Å². The predicted molar refractivity (Wildman–Crippen MR) is 71.4 cm³/mol. The summed E-state index contributed by atoms with van der Waals surface area (Å²) in [6.07, 6.45) is 1.16. The number of nitrogens with one attached hydrogen (secondary N) is 1. The molecule has 0 unspecified atom stereocenters. The lowest BCUT2D eigenvalue weighted by molar-refractivity contribution is 0.00854. The van der Waals surface area contributed by atoms with Crippen LogP contribution in [-0.4, -0.2) is 32.4 Å². The molecule has 2 atom stereocenters. The molecule has 102 valence electrons. The van der Waals surface area contributed by atoms with Crippen molar-refractivity contribution in [2.75, 3.05) is 12.3 Å². The Morgan fingerprint density at radius 2 is 2.42 bits per heavy atom. The molecule has 0 spiro atoms. The molecule has 0 bridgehead atoms. The molecular weight excluding hydrogens is 268 g/mol. The lowest BCUT2D eigenvalue weighted by Crippen LogP contribution is -2.17. The van der Waals surface area contributed by atoms with E-state index in [1.807, 2.05) is 0 Å². The highest BCUT2D eigenvalue weighted by molar-refractivity contribution is 7.80. The quantitative estimate of drug-likeness (QED) is 0.585. The molecule has 3 rings (SSSR count). The first-order valence-electron chi connectivity index (χ1n) is 5.97. The Kier molecular flexibility index (Phi) is 3.00. The van der Waals surface area contributed by atoms with Crippen LogP contribution < -0.4 is 11.3 Å². The number of nitrogen functional groups attached to an aromatic ring is 1. The predicted octanol–water partition coefficient (Wildman–Crippen LogP) is 0.106. The fourth-order valence-electron chi connectivity index (χ4n) is 2.42. The van der Waals surface area contributed by atoms with Crippen molar-refractivity contribution in [3.63, 3.8) is 0 Å². The second-order valence-electron chi connectivity index (χ2n) is 4.56. The fraction of sp³-hybridized carbons (Fsp3) is 0.455. The maximum absolute atomic E-state index is 11.8. The van der Waals surface area contributed by atoms with Crippen LogP contribution >= 0.6 is 12.6 Å². The van der Waals surface area contributed by atoms with Gasteiger partial charge < -0.3 is 15.6 Å². The molecule has 1 fully saturated rings. The molecule has 0 aliphatic carbocycles. The third kappa shape index (κ3) is 2.01. The van der Waals surface area contributed by atoms with Crippen molar-refractivity contribution in [2.45, 2.75) is 29.9 Å². The molecule has 1 aliphatic heterocycles. The molecule has 2 aromatic heterocycles. The topological polar surface area (TPSA) is 106 Å². The zero-order valence-electron chi connectivity index (χ0n) is 10.0. The maximum Gasteiger partial charge on any atom is 0.277 e. The van der Waals surface area contributed by atoms with E-state index in [0.717, 1.165) is 18.5 Å². The van der Waals surface area contributed by atoms with Crippen molar-refractivity contribution < 1.29 is 9.84 Å². The minimum Gasteiger partial charge on any atom is -0.394 e. The number of nitrogens with zero attached hydrogens (tertiary/aromatic N) is 2. The average Bonchev–Trinajstić information content (AvgIpc) is 2.93. The van der Waals surface area contributed by atoms with Gasteiger partial charge in [-0.25, -0.2) is 4.52 Å². The van der Waals surface area contributed by atoms with Gasteiger partial charge in [0.25, 0.3) is 5.56 Å². The smallest absolute Gasteiger partial charge is 0.277 e. The van der Waals surface area contributed by atoms with Crippen LogP contribution in [-0.2, 0) is 4.74 Å². The van der Waals surface area contributed by atoms with Crippen LogP contribution in [0.4, 0.5) is 5.95 Å². The summed E-state index contributed by atoms with van der Waals surface area (Å²) >= 11 is 4.29.